The Kier molecular flexibility index (Phi) is 6.24. The first-order chi connectivity index (χ1) is 13.4. The van der Waals surface area contributed by atoms with E-state index in [4.69, 9.17) is 4.74 Å². The van der Waals surface area contributed by atoms with Gasteiger partial charge >= 0.3 is 6.18 Å². The molecule has 7 heteroatoms. The Morgan fingerprint density at radius 3 is 2.64 bits per heavy atom. The van der Waals surface area contributed by atoms with Crippen molar-refractivity contribution in [3.8, 4) is 5.75 Å². The number of ether oxygens (including phenoxy) is 1. The minimum absolute atomic E-state index is 0.0418. The molecule has 0 spiro atoms. The monoisotopic (exact) mass is 392 g/mol. The van der Waals surface area contributed by atoms with Gasteiger partial charge in [-0.05, 0) is 41.8 Å². The molecule has 3 rings (SSSR count). The van der Waals surface area contributed by atoms with Crippen LogP contribution in [0.4, 0.5) is 13.2 Å². The topological polar surface area (TPSA) is 41.6 Å². The molecular weight excluding hydrogens is 369 g/mol. The summed E-state index contributed by atoms with van der Waals surface area (Å²) in [7, 11) is 1.58. The van der Waals surface area contributed by atoms with Crippen LogP contribution in [-0.4, -0.2) is 31.0 Å². The molecule has 1 heterocycles. The highest BCUT2D eigenvalue weighted by molar-refractivity contribution is 5.78. The quantitative estimate of drug-likeness (QED) is 0.769. The minimum atomic E-state index is -4.41. The molecule has 2 aromatic rings. The molecule has 1 atom stereocenters. The summed E-state index contributed by atoms with van der Waals surface area (Å²) >= 11 is 0. The molecule has 4 nitrogen and oxygen atoms in total. The van der Waals surface area contributed by atoms with E-state index in [1.165, 1.54) is 6.07 Å². The number of benzene rings is 2. The van der Waals surface area contributed by atoms with Crippen molar-refractivity contribution >= 4 is 5.91 Å². The van der Waals surface area contributed by atoms with Crippen molar-refractivity contribution < 1.29 is 22.7 Å². The van der Waals surface area contributed by atoms with Crippen LogP contribution in [0, 0.1) is 0 Å². The summed E-state index contributed by atoms with van der Waals surface area (Å²) < 4.78 is 44.6. The normalized spacial score (nSPS) is 15.7. The number of alkyl halides is 3. The van der Waals surface area contributed by atoms with Gasteiger partial charge < -0.3 is 15.0 Å². The lowest BCUT2D eigenvalue weighted by Gasteiger charge is -2.26. The lowest BCUT2D eigenvalue weighted by atomic mass is 10.0. The third-order valence-electron chi connectivity index (χ3n) is 4.88. The van der Waals surface area contributed by atoms with Crippen LogP contribution in [0.15, 0.2) is 48.5 Å². The fourth-order valence-electron chi connectivity index (χ4n) is 3.36. The summed E-state index contributed by atoms with van der Waals surface area (Å²) in [6.07, 6.45) is -3.13. The summed E-state index contributed by atoms with van der Waals surface area (Å²) in [5, 5.41) is 3.31. The Labute approximate surface area is 162 Å². The summed E-state index contributed by atoms with van der Waals surface area (Å²) in [5.41, 5.74) is 0.771. The van der Waals surface area contributed by atoms with E-state index >= 15 is 0 Å². The van der Waals surface area contributed by atoms with Gasteiger partial charge in [-0.15, -0.1) is 0 Å². The van der Waals surface area contributed by atoms with Gasteiger partial charge in [0.05, 0.1) is 18.7 Å². The van der Waals surface area contributed by atoms with Crippen molar-refractivity contribution in [1.29, 1.82) is 0 Å². The van der Waals surface area contributed by atoms with Crippen LogP contribution in [0.5, 0.6) is 5.75 Å². The lowest BCUT2D eigenvalue weighted by Crippen LogP contribution is -2.36. The van der Waals surface area contributed by atoms with E-state index in [1.807, 2.05) is 24.3 Å². The highest BCUT2D eigenvalue weighted by Gasteiger charge is 2.31. The van der Waals surface area contributed by atoms with Crippen LogP contribution < -0.4 is 10.1 Å². The molecule has 1 saturated heterocycles. The van der Waals surface area contributed by atoms with Gasteiger partial charge in [0.1, 0.15) is 5.75 Å². The van der Waals surface area contributed by atoms with E-state index in [-0.39, 0.29) is 5.91 Å². The van der Waals surface area contributed by atoms with Crippen molar-refractivity contribution in [3.05, 3.63) is 65.2 Å². The molecule has 0 aliphatic carbocycles. The maximum Gasteiger partial charge on any atom is 0.416 e. The second-order valence-electron chi connectivity index (χ2n) is 6.85. The van der Waals surface area contributed by atoms with Gasteiger partial charge in [0, 0.05) is 26.1 Å². The molecule has 1 fully saturated rings. The Hall–Kier alpha value is -2.54. The zero-order valence-corrected chi connectivity index (χ0v) is 15.6. The maximum absolute atomic E-state index is 13.1. The number of rotatable bonds is 7. The first-order valence-corrected chi connectivity index (χ1v) is 9.18. The largest absolute Gasteiger partial charge is 0.497 e. The van der Waals surface area contributed by atoms with E-state index in [1.54, 1.807) is 18.1 Å². The first kappa shape index (κ1) is 20.2. The second-order valence-corrected chi connectivity index (χ2v) is 6.85. The molecule has 0 aromatic heterocycles. The Morgan fingerprint density at radius 1 is 1.18 bits per heavy atom. The van der Waals surface area contributed by atoms with E-state index < -0.39 is 17.8 Å². The smallest absolute Gasteiger partial charge is 0.416 e. The van der Waals surface area contributed by atoms with E-state index in [2.05, 4.69) is 5.32 Å². The molecule has 1 amide bonds. The number of hydrogen-bond donors (Lipinski definition) is 1. The van der Waals surface area contributed by atoms with Crippen LogP contribution in [0.25, 0.3) is 0 Å². The molecule has 1 N–H and O–H groups in total. The third kappa shape index (κ3) is 5.04. The number of nitrogens with one attached hydrogen (secondary N) is 1. The molecule has 28 heavy (non-hydrogen) atoms. The van der Waals surface area contributed by atoms with Crippen molar-refractivity contribution in [2.75, 3.05) is 20.2 Å². The van der Waals surface area contributed by atoms with Gasteiger partial charge in [-0.25, -0.2) is 0 Å². The number of nitrogens with zero attached hydrogens (tertiary/aromatic N) is 1. The molecule has 0 radical (unpaired) electrons. The second kappa shape index (κ2) is 8.65. The number of methoxy groups -OCH3 is 1. The lowest BCUT2D eigenvalue weighted by molar-refractivity contribution is -0.137. The average Bonchev–Trinajstić information content (AvgIpc) is 3.09. The van der Waals surface area contributed by atoms with E-state index in [0.717, 1.165) is 24.1 Å². The highest BCUT2D eigenvalue weighted by Crippen LogP contribution is 2.31. The molecule has 0 saturated carbocycles. The van der Waals surface area contributed by atoms with Gasteiger partial charge in [-0.2, -0.15) is 13.2 Å². The fraction of sp³-hybridized carbons (Fsp3) is 0.381. The summed E-state index contributed by atoms with van der Waals surface area (Å²) in [5.74, 6) is 0.754. The van der Waals surface area contributed by atoms with Gasteiger partial charge in [0.2, 0.25) is 5.91 Å². The zero-order chi connectivity index (χ0) is 20.1. The predicted octanol–water partition coefficient (Wildman–Crippen LogP) is 4.17. The highest BCUT2D eigenvalue weighted by atomic mass is 19.4. The number of likely N-dealkylation sites (tertiary alicyclic amines) is 1. The standard InChI is InChI=1S/C21H23F3N2O2/c1-28-18-8-2-5-15(11-18)13-25-19(14-26-10-4-9-20(26)27)16-6-3-7-17(12-16)21(22,23)24/h2-3,5-8,11-12,19,25H,4,9-10,13-14H2,1H3/t19-/m0/s1. The first-order valence-electron chi connectivity index (χ1n) is 9.18. The molecule has 0 bridgehead atoms. The number of carbonyl (C=O) groups is 1. The molecule has 150 valence electrons. The Morgan fingerprint density at radius 2 is 1.96 bits per heavy atom. The number of halogens is 3. The van der Waals surface area contributed by atoms with E-state index in [9.17, 15) is 18.0 Å². The van der Waals surface area contributed by atoms with Gasteiger partial charge in [0.25, 0.3) is 0 Å². The van der Waals surface area contributed by atoms with E-state index in [0.29, 0.717) is 37.4 Å². The summed E-state index contributed by atoms with van der Waals surface area (Å²) in [6, 6.07) is 12.4. The van der Waals surface area contributed by atoms with Gasteiger partial charge in [0.15, 0.2) is 0 Å². The van der Waals surface area contributed by atoms with Crippen LogP contribution in [0.3, 0.4) is 0 Å². The molecule has 1 aliphatic heterocycles. The van der Waals surface area contributed by atoms with Crippen molar-refractivity contribution in [3.63, 3.8) is 0 Å². The van der Waals surface area contributed by atoms with Crippen LogP contribution in [0.1, 0.15) is 35.6 Å². The summed E-state index contributed by atoms with van der Waals surface area (Å²) in [6.45, 7) is 1.42. The summed E-state index contributed by atoms with van der Waals surface area (Å²) in [4.78, 5) is 13.7. The predicted molar refractivity (Wildman–Crippen MR) is 99.8 cm³/mol. The Balaban J connectivity index is 1.81. The zero-order valence-electron chi connectivity index (χ0n) is 15.6. The fourth-order valence-corrected chi connectivity index (χ4v) is 3.36. The SMILES string of the molecule is COc1cccc(CN[C@@H](CN2CCCC2=O)c2cccc(C(F)(F)F)c2)c1. The van der Waals surface area contributed by atoms with Crippen LogP contribution in [-0.2, 0) is 17.5 Å². The molecule has 0 unspecified atom stereocenters. The van der Waals surface area contributed by atoms with Gasteiger partial charge in [-0.3, -0.25) is 4.79 Å². The molecule has 2 aromatic carbocycles. The van der Waals surface area contributed by atoms with Crippen molar-refractivity contribution in [2.24, 2.45) is 0 Å². The van der Waals surface area contributed by atoms with Crippen molar-refractivity contribution in [2.45, 2.75) is 31.6 Å². The average molecular weight is 392 g/mol. The number of amides is 1. The maximum atomic E-state index is 13.1. The van der Waals surface area contributed by atoms with Crippen molar-refractivity contribution in [1.82, 2.24) is 10.2 Å². The minimum Gasteiger partial charge on any atom is -0.497 e. The number of hydrogen-bond acceptors (Lipinski definition) is 3. The van der Waals surface area contributed by atoms with Crippen LogP contribution in [0.2, 0.25) is 0 Å². The van der Waals surface area contributed by atoms with Crippen LogP contribution >= 0.6 is 0 Å². The third-order valence-corrected chi connectivity index (χ3v) is 4.88. The molecular formula is C21H23F3N2O2. The molecule has 1 aliphatic rings. The van der Waals surface area contributed by atoms with Gasteiger partial charge in [-0.1, -0.05) is 24.3 Å². The number of carbonyl (C=O) groups excluding carboxylic acids is 1. The Bertz CT molecular complexity index is 823.